The van der Waals surface area contributed by atoms with Gasteiger partial charge in [-0.1, -0.05) is 23.2 Å². The van der Waals surface area contributed by atoms with E-state index in [0.717, 1.165) is 13.1 Å². The first-order valence-corrected chi connectivity index (χ1v) is 5.94. The van der Waals surface area contributed by atoms with Crippen molar-refractivity contribution in [2.24, 2.45) is 0 Å². The number of hydrogen-bond donors (Lipinski definition) is 0. The molecule has 0 N–H and O–H groups in total. The highest BCUT2D eigenvalue weighted by Crippen LogP contribution is 2.29. The van der Waals surface area contributed by atoms with Crippen molar-refractivity contribution in [3.63, 3.8) is 0 Å². The summed E-state index contributed by atoms with van der Waals surface area (Å²) in [6.07, 6.45) is 0. The van der Waals surface area contributed by atoms with E-state index in [2.05, 4.69) is 25.9 Å². The third kappa shape index (κ3) is 2.53. The molecule has 1 aliphatic heterocycles. The Kier molecular flexibility index (Phi) is 3.66. The molecule has 0 radical (unpaired) electrons. The molecule has 2 heterocycles. The van der Waals surface area contributed by atoms with Gasteiger partial charge < -0.3 is 9.64 Å². The van der Waals surface area contributed by atoms with E-state index in [1.165, 1.54) is 0 Å². The van der Waals surface area contributed by atoms with Gasteiger partial charge in [-0.15, -0.1) is 0 Å². The van der Waals surface area contributed by atoms with Crippen molar-refractivity contribution >= 4 is 45.1 Å². The largest absolute Gasteiger partial charge is 0.378 e. The molecule has 0 unspecified atom stereocenters. The number of aromatic nitrogens is 2. The summed E-state index contributed by atoms with van der Waals surface area (Å²) in [5.41, 5.74) is 0. The summed E-state index contributed by atoms with van der Waals surface area (Å²) in [7, 11) is 0. The predicted octanol–water partition coefficient (Wildman–Crippen LogP) is 2.38. The lowest BCUT2D eigenvalue weighted by Crippen LogP contribution is -2.37. The van der Waals surface area contributed by atoms with Crippen LogP contribution in [0.4, 0.5) is 5.95 Å². The highest BCUT2D eigenvalue weighted by atomic mass is 79.9. The van der Waals surface area contributed by atoms with Crippen molar-refractivity contribution in [3.05, 3.63) is 14.8 Å². The second-order valence-electron chi connectivity index (χ2n) is 3.02. The summed E-state index contributed by atoms with van der Waals surface area (Å²) in [5.74, 6) is 0.552. The molecule has 4 nitrogen and oxygen atoms in total. The van der Waals surface area contributed by atoms with Gasteiger partial charge in [0.2, 0.25) is 5.95 Å². The molecular formula is C8H8BrCl2N3O. The monoisotopic (exact) mass is 311 g/mol. The first-order chi connectivity index (χ1) is 7.18. The highest BCUT2D eigenvalue weighted by Gasteiger charge is 2.17. The maximum absolute atomic E-state index is 5.90. The molecule has 15 heavy (non-hydrogen) atoms. The van der Waals surface area contributed by atoms with Crippen LogP contribution in [0.1, 0.15) is 0 Å². The SMILES string of the molecule is Clc1nc(N2CCOCC2)nc(Cl)c1Br. The molecule has 1 saturated heterocycles. The van der Waals surface area contributed by atoms with Gasteiger partial charge in [0.25, 0.3) is 0 Å². The quantitative estimate of drug-likeness (QED) is 0.746. The van der Waals surface area contributed by atoms with Crippen LogP contribution in [0, 0.1) is 0 Å². The van der Waals surface area contributed by atoms with Crippen molar-refractivity contribution in [1.82, 2.24) is 9.97 Å². The molecule has 82 valence electrons. The lowest BCUT2D eigenvalue weighted by atomic mass is 10.4. The maximum Gasteiger partial charge on any atom is 0.228 e. The van der Waals surface area contributed by atoms with E-state index in [1.54, 1.807) is 0 Å². The average molecular weight is 313 g/mol. The Morgan fingerprint density at radius 2 is 1.67 bits per heavy atom. The fraction of sp³-hybridized carbons (Fsp3) is 0.500. The number of hydrogen-bond acceptors (Lipinski definition) is 4. The van der Waals surface area contributed by atoms with E-state index < -0.39 is 0 Å². The first-order valence-electron chi connectivity index (χ1n) is 4.39. The number of ether oxygens (including phenoxy) is 1. The number of rotatable bonds is 1. The predicted molar refractivity (Wildman–Crippen MR) is 62.8 cm³/mol. The molecule has 0 aromatic carbocycles. The van der Waals surface area contributed by atoms with Crippen LogP contribution in [-0.2, 0) is 4.74 Å². The minimum Gasteiger partial charge on any atom is -0.378 e. The average Bonchev–Trinajstić information content (AvgIpc) is 2.26. The van der Waals surface area contributed by atoms with Gasteiger partial charge in [0.15, 0.2) is 0 Å². The maximum atomic E-state index is 5.90. The molecule has 0 spiro atoms. The van der Waals surface area contributed by atoms with Gasteiger partial charge in [0.1, 0.15) is 10.3 Å². The first kappa shape index (κ1) is 11.4. The summed E-state index contributed by atoms with van der Waals surface area (Å²) in [6, 6.07) is 0. The van der Waals surface area contributed by atoms with Gasteiger partial charge in [-0.3, -0.25) is 0 Å². The molecule has 1 fully saturated rings. The minimum absolute atomic E-state index is 0.330. The van der Waals surface area contributed by atoms with Crippen molar-refractivity contribution in [3.8, 4) is 0 Å². The third-order valence-electron chi connectivity index (χ3n) is 2.05. The molecule has 1 aliphatic rings. The summed E-state index contributed by atoms with van der Waals surface area (Å²) in [5, 5.41) is 0.660. The Balaban J connectivity index is 2.27. The fourth-order valence-corrected chi connectivity index (χ4v) is 1.84. The molecule has 1 aromatic heterocycles. The molecule has 0 amide bonds. The molecule has 2 rings (SSSR count). The van der Waals surface area contributed by atoms with Crippen molar-refractivity contribution in [1.29, 1.82) is 0 Å². The van der Waals surface area contributed by atoms with Crippen LogP contribution >= 0.6 is 39.1 Å². The zero-order valence-electron chi connectivity index (χ0n) is 7.71. The molecule has 7 heteroatoms. The van der Waals surface area contributed by atoms with Crippen LogP contribution in [0.2, 0.25) is 10.3 Å². The zero-order chi connectivity index (χ0) is 10.8. The Morgan fingerprint density at radius 3 is 2.20 bits per heavy atom. The smallest absolute Gasteiger partial charge is 0.228 e. The van der Waals surface area contributed by atoms with E-state index in [-0.39, 0.29) is 0 Å². The van der Waals surface area contributed by atoms with Gasteiger partial charge in [-0.25, -0.2) is 0 Å². The Morgan fingerprint density at radius 1 is 1.13 bits per heavy atom. The summed E-state index contributed by atoms with van der Waals surface area (Å²) in [6.45, 7) is 2.87. The molecular weight excluding hydrogens is 305 g/mol. The van der Waals surface area contributed by atoms with Crippen molar-refractivity contribution in [2.45, 2.75) is 0 Å². The van der Waals surface area contributed by atoms with Gasteiger partial charge in [-0.05, 0) is 15.9 Å². The van der Waals surface area contributed by atoms with Gasteiger partial charge in [0, 0.05) is 13.1 Å². The van der Waals surface area contributed by atoms with Crippen LogP contribution in [0.3, 0.4) is 0 Å². The van der Waals surface area contributed by atoms with Gasteiger partial charge in [0.05, 0.1) is 17.7 Å². The van der Waals surface area contributed by atoms with Gasteiger partial charge >= 0.3 is 0 Å². The Hall–Kier alpha value is -0.100. The van der Waals surface area contributed by atoms with E-state index in [4.69, 9.17) is 27.9 Å². The number of nitrogens with zero attached hydrogens (tertiary/aromatic N) is 3. The van der Waals surface area contributed by atoms with Crippen LogP contribution in [-0.4, -0.2) is 36.3 Å². The van der Waals surface area contributed by atoms with E-state index in [1.807, 2.05) is 4.90 Å². The zero-order valence-corrected chi connectivity index (χ0v) is 10.8. The van der Waals surface area contributed by atoms with Crippen molar-refractivity contribution in [2.75, 3.05) is 31.2 Å². The number of halogens is 3. The summed E-state index contributed by atoms with van der Waals surface area (Å²) in [4.78, 5) is 10.3. The lowest BCUT2D eigenvalue weighted by molar-refractivity contribution is 0.122. The van der Waals surface area contributed by atoms with E-state index >= 15 is 0 Å². The minimum atomic E-state index is 0.330. The Bertz CT molecular complexity index is 348. The van der Waals surface area contributed by atoms with Crippen molar-refractivity contribution < 1.29 is 4.74 Å². The fourth-order valence-electron chi connectivity index (χ4n) is 1.29. The van der Waals surface area contributed by atoms with Gasteiger partial charge in [-0.2, -0.15) is 9.97 Å². The van der Waals surface area contributed by atoms with Crippen LogP contribution in [0.15, 0.2) is 4.47 Å². The Labute approximate surface area is 106 Å². The van der Waals surface area contributed by atoms with Crippen LogP contribution in [0.25, 0.3) is 0 Å². The van der Waals surface area contributed by atoms with E-state index in [0.29, 0.717) is 33.9 Å². The molecule has 0 saturated carbocycles. The summed E-state index contributed by atoms with van der Waals surface area (Å²) < 4.78 is 5.76. The second-order valence-corrected chi connectivity index (χ2v) is 4.53. The molecule has 0 atom stereocenters. The van der Waals surface area contributed by atoms with Crippen LogP contribution in [0.5, 0.6) is 0 Å². The summed E-state index contributed by atoms with van der Waals surface area (Å²) >= 11 is 15.0. The topological polar surface area (TPSA) is 38.2 Å². The molecule has 1 aromatic rings. The standard InChI is InChI=1S/C8H8BrCl2N3O/c9-5-6(10)12-8(13-7(5)11)14-1-3-15-4-2-14/h1-4H2. The molecule has 0 bridgehead atoms. The molecule has 0 aliphatic carbocycles. The lowest BCUT2D eigenvalue weighted by Gasteiger charge is -2.26. The van der Waals surface area contributed by atoms with E-state index in [9.17, 15) is 0 Å². The normalized spacial score (nSPS) is 16.9. The highest BCUT2D eigenvalue weighted by molar-refractivity contribution is 9.10. The number of anilines is 1. The second kappa shape index (κ2) is 4.82. The van der Waals surface area contributed by atoms with Crippen LogP contribution < -0.4 is 4.90 Å². The third-order valence-corrected chi connectivity index (χ3v) is 3.81. The number of morpholine rings is 1.